The summed E-state index contributed by atoms with van der Waals surface area (Å²) in [5.41, 5.74) is 4.31. The van der Waals surface area contributed by atoms with E-state index in [-0.39, 0.29) is 6.54 Å². The van der Waals surface area contributed by atoms with Crippen molar-refractivity contribution < 1.29 is 4.39 Å². The van der Waals surface area contributed by atoms with E-state index in [4.69, 9.17) is 5.73 Å². The Labute approximate surface area is 72.9 Å². The van der Waals surface area contributed by atoms with Crippen LogP contribution in [0.4, 0.5) is 4.39 Å². The Bertz CT molecular complexity index is 170. The van der Waals surface area contributed by atoms with Gasteiger partial charge in [0, 0.05) is 25.7 Å². The Hall–Kier alpha value is -0.150. The maximum Gasteiger partial charge on any atom is 0.137 e. The molecule has 0 radical (unpaired) electrons. The molecular weight excluding hydrogens is 155 g/mol. The second-order valence-corrected chi connectivity index (χ2v) is 4.16. The molecule has 12 heavy (non-hydrogen) atoms. The summed E-state index contributed by atoms with van der Waals surface area (Å²) >= 11 is 0. The third-order valence-corrected chi connectivity index (χ3v) is 3.29. The summed E-state index contributed by atoms with van der Waals surface area (Å²) in [6, 6.07) is 0.675. The molecule has 2 nitrogen and oxygen atoms in total. The van der Waals surface area contributed by atoms with Crippen LogP contribution < -0.4 is 5.73 Å². The molecule has 2 fully saturated rings. The molecule has 2 aliphatic rings. The largest absolute Gasteiger partial charge is 0.327 e. The summed E-state index contributed by atoms with van der Waals surface area (Å²) in [5, 5.41) is 0. The number of rotatable bonds is 2. The zero-order chi connectivity index (χ0) is 8.60. The minimum atomic E-state index is -1.07. The summed E-state index contributed by atoms with van der Waals surface area (Å²) in [6.07, 6.45) is 4.49. The lowest BCUT2D eigenvalue weighted by Crippen LogP contribution is -2.42. The second-order valence-electron chi connectivity index (χ2n) is 4.16. The number of hydrogen-bond acceptors (Lipinski definition) is 2. The predicted molar refractivity (Wildman–Crippen MR) is 46.7 cm³/mol. The van der Waals surface area contributed by atoms with Gasteiger partial charge in [-0.2, -0.15) is 0 Å². The molecule has 0 aromatic heterocycles. The molecule has 1 aliphatic carbocycles. The smallest absolute Gasteiger partial charge is 0.137 e. The highest BCUT2D eigenvalue weighted by atomic mass is 19.1. The molecule has 70 valence electrons. The van der Waals surface area contributed by atoms with E-state index in [0.29, 0.717) is 19.0 Å². The van der Waals surface area contributed by atoms with E-state index in [9.17, 15) is 4.39 Å². The molecular formula is C9H17FN2. The van der Waals surface area contributed by atoms with Crippen LogP contribution in [0.15, 0.2) is 0 Å². The van der Waals surface area contributed by atoms with Crippen molar-refractivity contribution in [3.05, 3.63) is 0 Å². The standard InChI is InChI=1S/C9H17FN2/c10-9(6-11)4-5-12(7-9)8-2-1-3-8/h8H,1-7,11H2. The van der Waals surface area contributed by atoms with E-state index in [1.807, 2.05) is 0 Å². The van der Waals surface area contributed by atoms with Gasteiger partial charge in [0.25, 0.3) is 0 Å². The highest BCUT2D eigenvalue weighted by molar-refractivity contribution is 4.95. The van der Waals surface area contributed by atoms with Crippen LogP contribution in [0.1, 0.15) is 25.7 Å². The summed E-state index contributed by atoms with van der Waals surface area (Å²) in [6.45, 7) is 1.68. The summed E-state index contributed by atoms with van der Waals surface area (Å²) < 4.78 is 13.6. The first-order valence-corrected chi connectivity index (χ1v) is 4.87. The molecule has 1 unspecified atom stereocenters. The average Bonchev–Trinajstić information content (AvgIpc) is 2.31. The van der Waals surface area contributed by atoms with Crippen LogP contribution in [0, 0.1) is 0 Å². The van der Waals surface area contributed by atoms with Crippen LogP contribution in [-0.2, 0) is 0 Å². The van der Waals surface area contributed by atoms with E-state index < -0.39 is 5.67 Å². The van der Waals surface area contributed by atoms with Crippen molar-refractivity contribution >= 4 is 0 Å². The highest BCUT2D eigenvalue weighted by Gasteiger charge is 2.40. The van der Waals surface area contributed by atoms with Crippen LogP contribution in [0.2, 0.25) is 0 Å². The molecule has 1 saturated carbocycles. The first kappa shape index (κ1) is 8.45. The third-order valence-electron chi connectivity index (χ3n) is 3.29. The molecule has 1 saturated heterocycles. The van der Waals surface area contributed by atoms with Gasteiger partial charge in [-0.15, -0.1) is 0 Å². The van der Waals surface area contributed by atoms with Gasteiger partial charge in [-0.3, -0.25) is 4.90 Å². The maximum atomic E-state index is 13.6. The molecule has 2 rings (SSSR count). The van der Waals surface area contributed by atoms with Crippen LogP contribution in [0.5, 0.6) is 0 Å². The average molecular weight is 172 g/mol. The number of alkyl halides is 1. The number of nitrogens with two attached hydrogens (primary N) is 1. The van der Waals surface area contributed by atoms with Crippen molar-refractivity contribution in [1.82, 2.24) is 4.90 Å². The van der Waals surface area contributed by atoms with E-state index in [0.717, 1.165) is 6.54 Å². The van der Waals surface area contributed by atoms with E-state index in [1.165, 1.54) is 19.3 Å². The SMILES string of the molecule is NCC1(F)CCN(C2CCC2)C1. The van der Waals surface area contributed by atoms with Crippen molar-refractivity contribution in [1.29, 1.82) is 0 Å². The zero-order valence-electron chi connectivity index (χ0n) is 7.43. The monoisotopic (exact) mass is 172 g/mol. The lowest BCUT2D eigenvalue weighted by molar-refractivity contribution is 0.118. The molecule has 0 amide bonds. The molecule has 1 heterocycles. The highest BCUT2D eigenvalue weighted by Crippen LogP contribution is 2.32. The van der Waals surface area contributed by atoms with Gasteiger partial charge in [-0.1, -0.05) is 6.42 Å². The zero-order valence-corrected chi connectivity index (χ0v) is 7.43. The van der Waals surface area contributed by atoms with Gasteiger partial charge in [0.2, 0.25) is 0 Å². The van der Waals surface area contributed by atoms with Crippen molar-refractivity contribution in [2.75, 3.05) is 19.6 Å². The summed E-state index contributed by atoms with van der Waals surface area (Å²) in [7, 11) is 0. The normalized spacial score (nSPS) is 38.5. The Kier molecular flexibility index (Phi) is 2.09. The van der Waals surface area contributed by atoms with Gasteiger partial charge in [-0.25, -0.2) is 4.39 Å². The minimum absolute atomic E-state index is 0.191. The fourth-order valence-electron chi connectivity index (χ4n) is 2.10. The minimum Gasteiger partial charge on any atom is -0.327 e. The molecule has 1 aliphatic heterocycles. The van der Waals surface area contributed by atoms with Gasteiger partial charge in [0.15, 0.2) is 0 Å². The molecule has 0 spiro atoms. The number of hydrogen-bond donors (Lipinski definition) is 1. The molecule has 0 aromatic carbocycles. The fourth-order valence-corrected chi connectivity index (χ4v) is 2.10. The van der Waals surface area contributed by atoms with Crippen LogP contribution in [-0.4, -0.2) is 36.2 Å². The Morgan fingerprint density at radius 1 is 1.50 bits per heavy atom. The van der Waals surface area contributed by atoms with Gasteiger partial charge in [0.05, 0.1) is 0 Å². The predicted octanol–water partition coefficient (Wildman–Crippen LogP) is 0.912. The van der Waals surface area contributed by atoms with Crippen LogP contribution in [0.25, 0.3) is 0 Å². The molecule has 1 atom stereocenters. The van der Waals surface area contributed by atoms with Crippen LogP contribution in [0.3, 0.4) is 0 Å². The van der Waals surface area contributed by atoms with Crippen LogP contribution >= 0.6 is 0 Å². The number of nitrogens with zero attached hydrogens (tertiary/aromatic N) is 1. The van der Waals surface area contributed by atoms with E-state index in [2.05, 4.69) is 4.90 Å². The molecule has 3 heteroatoms. The maximum absolute atomic E-state index is 13.6. The van der Waals surface area contributed by atoms with Gasteiger partial charge in [-0.05, 0) is 19.3 Å². The quantitative estimate of drug-likeness (QED) is 0.671. The van der Waals surface area contributed by atoms with Gasteiger partial charge >= 0.3 is 0 Å². The van der Waals surface area contributed by atoms with E-state index >= 15 is 0 Å². The second kappa shape index (κ2) is 2.96. The van der Waals surface area contributed by atoms with Gasteiger partial charge in [0.1, 0.15) is 5.67 Å². The summed E-state index contributed by atoms with van der Waals surface area (Å²) in [4.78, 5) is 2.27. The molecule has 0 aromatic rings. The number of halogens is 1. The van der Waals surface area contributed by atoms with Crippen molar-refractivity contribution in [2.24, 2.45) is 5.73 Å². The third kappa shape index (κ3) is 1.36. The molecule has 0 bridgehead atoms. The number of likely N-dealkylation sites (tertiary alicyclic amines) is 1. The summed E-state index contributed by atoms with van der Waals surface area (Å²) in [5.74, 6) is 0. The first-order valence-electron chi connectivity index (χ1n) is 4.87. The first-order chi connectivity index (χ1) is 5.73. The lowest BCUT2D eigenvalue weighted by Gasteiger charge is -2.35. The Morgan fingerprint density at radius 3 is 2.67 bits per heavy atom. The fraction of sp³-hybridized carbons (Fsp3) is 1.00. The van der Waals surface area contributed by atoms with Gasteiger partial charge < -0.3 is 5.73 Å². The Morgan fingerprint density at radius 2 is 2.25 bits per heavy atom. The Balaban J connectivity index is 1.88. The topological polar surface area (TPSA) is 29.3 Å². The molecule has 2 N–H and O–H groups in total. The van der Waals surface area contributed by atoms with Crippen molar-refractivity contribution in [3.63, 3.8) is 0 Å². The lowest BCUT2D eigenvalue weighted by atomic mass is 9.92. The van der Waals surface area contributed by atoms with E-state index in [1.54, 1.807) is 0 Å². The van der Waals surface area contributed by atoms with Crippen molar-refractivity contribution in [2.45, 2.75) is 37.4 Å². The van der Waals surface area contributed by atoms with Crippen molar-refractivity contribution in [3.8, 4) is 0 Å².